The van der Waals surface area contributed by atoms with Crippen molar-refractivity contribution in [1.82, 2.24) is 5.32 Å². The maximum Gasteiger partial charge on any atom is 0.253 e. The summed E-state index contributed by atoms with van der Waals surface area (Å²) in [5.41, 5.74) is 6.61. The minimum absolute atomic E-state index is 0.0423. The Bertz CT molecular complexity index is 467. The average Bonchev–Trinajstić information content (AvgIpc) is 2.55. The highest BCUT2D eigenvalue weighted by molar-refractivity contribution is 9.10. The van der Waals surface area contributed by atoms with Crippen molar-refractivity contribution in [2.75, 3.05) is 0 Å². The van der Waals surface area contributed by atoms with Crippen LogP contribution in [0.5, 0.6) is 0 Å². The van der Waals surface area contributed by atoms with Crippen LogP contribution in [0.15, 0.2) is 22.7 Å². The number of carbonyl (C=O) groups is 1. The van der Waals surface area contributed by atoms with Crippen molar-refractivity contribution in [3.05, 3.63) is 33.3 Å². The molecule has 1 fully saturated rings. The number of hydrogen-bond acceptors (Lipinski definition) is 2. The van der Waals surface area contributed by atoms with Crippen LogP contribution in [0.25, 0.3) is 0 Å². The highest BCUT2D eigenvalue weighted by Gasteiger charge is 2.23. The summed E-state index contributed by atoms with van der Waals surface area (Å²) in [5, 5.41) is 3.47. The van der Waals surface area contributed by atoms with Crippen molar-refractivity contribution in [2.45, 2.75) is 44.2 Å². The second-order valence-electron chi connectivity index (χ2n) is 5.01. The Morgan fingerprint density at radius 1 is 1.32 bits per heavy atom. The minimum Gasteiger partial charge on any atom is -0.348 e. The normalized spacial score (nSPS) is 23.7. The largest absolute Gasteiger partial charge is 0.348 e. The van der Waals surface area contributed by atoms with Crippen LogP contribution in [-0.4, -0.2) is 18.0 Å². The summed E-state index contributed by atoms with van der Waals surface area (Å²) in [6.07, 6.45) is 5.37. The van der Waals surface area contributed by atoms with Crippen LogP contribution >= 0.6 is 27.5 Å². The highest BCUT2D eigenvalue weighted by Crippen LogP contribution is 2.22. The summed E-state index contributed by atoms with van der Waals surface area (Å²) in [6, 6.07) is 5.36. The molecule has 1 saturated carbocycles. The molecule has 3 nitrogen and oxygen atoms in total. The van der Waals surface area contributed by atoms with E-state index in [0.29, 0.717) is 10.6 Å². The predicted octanol–water partition coefficient (Wildman–Crippen LogP) is 3.49. The maximum absolute atomic E-state index is 12.2. The second kappa shape index (κ2) is 6.73. The van der Waals surface area contributed by atoms with E-state index in [9.17, 15) is 4.79 Å². The molecule has 104 valence electrons. The van der Waals surface area contributed by atoms with Gasteiger partial charge in [0, 0.05) is 16.6 Å². The zero-order valence-corrected chi connectivity index (χ0v) is 13.0. The molecule has 1 aliphatic rings. The van der Waals surface area contributed by atoms with Gasteiger partial charge in [-0.15, -0.1) is 0 Å². The fourth-order valence-electron chi connectivity index (χ4n) is 2.44. The van der Waals surface area contributed by atoms with Crippen molar-refractivity contribution >= 4 is 33.4 Å². The first-order chi connectivity index (χ1) is 9.08. The van der Waals surface area contributed by atoms with Gasteiger partial charge in [0.1, 0.15) is 0 Å². The summed E-state index contributed by atoms with van der Waals surface area (Å²) in [4.78, 5) is 12.2. The number of halogens is 2. The molecule has 1 amide bonds. The molecular formula is C14H18BrClN2O. The summed E-state index contributed by atoms with van der Waals surface area (Å²) in [7, 11) is 0. The van der Waals surface area contributed by atoms with Gasteiger partial charge < -0.3 is 11.1 Å². The van der Waals surface area contributed by atoms with Crippen LogP contribution in [0.4, 0.5) is 0 Å². The lowest BCUT2D eigenvalue weighted by molar-refractivity contribution is 0.0929. The molecule has 0 bridgehead atoms. The van der Waals surface area contributed by atoms with Gasteiger partial charge in [-0.1, -0.05) is 46.8 Å². The Morgan fingerprint density at radius 2 is 2.05 bits per heavy atom. The SMILES string of the molecule is NC1CCCCCC1NC(=O)c1ccc(Br)cc1Cl. The van der Waals surface area contributed by atoms with E-state index in [-0.39, 0.29) is 18.0 Å². The van der Waals surface area contributed by atoms with Crippen molar-refractivity contribution in [3.8, 4) is 0 Å². The number of carbonyl (C=O) groups excluding carboxylic acids is 1. The molecule has 0 spiro atoms. The molecule has 0 aromatic heterocycles. The minimum atomic E-state index is -0.139. The van der Waals surface area contributed by atoms with Crippen molar-refractivity contribution in [3.63, 3.8) is 0 Å². The Labute approximate surface area is 127 Å². The van der Waals surface area contributed by atoms with Crippen LogP contribution in [-0.2, 0) is 0 Å². The van der Waals surface area contributed by atoms with Crippen LogP contribution in [0.2, 0.25) is 5.02 Å². The van der Waals surface area contributed by atoms with Gasteiger partial charge in [-0.25, -0.2) is 0 Å². The molecule has 0 heterocycles. The molecule has 19 heavy (non-hydrogen) atoms. The monoisotopic (exact) mass is 344 g/mol. The summed E-state index contributed by atoms with van der Waals surface area (Å²) >= 11 is 9.42. The van der Waals surface area contributed by atoms with E-state index in [0.717, 1.165) is 30.2 Å². The first-order valence-electron chi connectivity index (χ1n) is 6.59. The lowest BCUT2D eigenvalue weighted by Gasteiger charge is -2.23. The molecule has 0 radical (unpaired) electrons. The van der Waals surface area contributed by atoms with E-state index >= 15 is 0 Å². The lowest BCUT2D eigenvalue weighted by atomic mass is 10.0. The van der Waals surface area contributed by atoms with Crippen molar-refractivity contribution in [2.24, 2.45) is 5.73 Å². The summed E-state index contributed by atoms with van der Waals surface area (Å²) < 4.78 is 0.861. The topological polar surface area (TPSA) is 55.1 Å². The first-order valence-corrected chi connectivity index (χ1v) is 7.76. The molecule has 3 N–H and O–H groups in total. The summed E-state index contributed by atoms with van der Waals surface area (Å²) in [6.45, 7) is 0. The van der Waals surface area contributed by atoms with E-state index in [1.165, 1.54) is 6.42 Å². The Kier molecular flexibility index (Phi) is 5.25. The third-order valence-corrected chi connectivity index (χ3v) is 4.37. The predicted molar refractivity (Wildman–Crippen MR) is 81.5 cm³/mol. The molecule has 5 heteroatoms. The van der Waals surface area contributed by atoms with Crippen LogP contribution in [0.1, 0.15) is 42.5 Å². The van der Waals surface area contributed by atoms with Crippen molar-refractivity contribution in [1.29, 1.82) is 0 Å². The van der Waals surface area contributed by atoms with Gasteiger partial charge in [-0.3, -0.25) is 4.79 Å². The fraction of sp³-hybridized carbons (Fsp3) is 0.500. The van der Waals surface area contributed by atoms with E-state index < -0.39 is 0 Å². The molecule has 1 aromatic rings. The van der Waals surface area contributed by atoms with Crippen molar-refractivity contribution < 1.29 is 4.79 Å². The molecule has 2 unspecified atom stereocenters. The highest BCUT2D eigenvalue weighted by atomic mass is 79.9. The van der Waals surface area contributed by atoms with E-state index in [2.05, 4.69) is 21.2 Å². The van der Waals surface area contributed by atoms with Gasteiger partial charge in [0.25, 0.3) is 5.91 Å². The third-order valence-electron chi connectivity index (χ3n) is 3.56. The third kappa shape index (κ3) is 3.94. The molecule has 0 aliphatic heterocycles. The molecule has 2 rings (SSSR count). The lowest BCUT2D eigenvalue weighted by Crippen LogP contribution is -2.47. The zero-order valence-electron chi connectivity index (χ0n) is 10.7. The van der Waals surface area contributed by atoms with Crippen LogP contribution < -0.4 is 11.1 Å². The number of hydrogen-bond donors (Lipinski definition) is 2. The molecule has 1 aliphatic carbocycles. The van der Waals surface area contributed by atoms with E-state index in [1.54, 1.807) is 12.1 Å². The van der Waals surface area contributed by atoms with E-state index in [1.807, 2.05) is 6.07 Å². The molecular weight excluding hydrogens is 328 g/mol. The smallest absolute Gasteiger partial charge is 0.253 e. The zero-order chi connectivity index (χ0) is 13.8. The number of nitrogens with two attached hydrogens (primary N) is 1. The number of rotatable bonds is 2. The van der Waals surface area contributed by atoms with E-state index in [4.69, 9.17) is 17.3 Å². The van der Waals surface area contributed by atoms with Gasteiger partial charge in [-0.2, -0.15) is 0 Å². The average molecular weight is 346 g/mol. The standard InChI is InChI=1S/C14H18BrClN2O/c15-9-6-7-10(11(16)8-9)14(19)18-13-5-3-1-2-4-12(13)17/h6-8,12-13H,1-5,17H2,(H,18,19). The van der Waals surface area contributed by atoms with Gasteiger partial charge in [0.2, 0.25) is 0 Å². The Morgan fingerprint density at radius 3 is 2.79 bits per heavy atom. The molecule has 1 aromatic carbocycles. The van der Waals surface area contributed by atoms with Gasteiger partial charge in [0.05, 0.1) is 10.6 Å². The maximum atomic E-state index is 12.2. The molecule has 0 saturated heterocycles. The second-order valence-corrected chi connectivity index (χ2v) is 6.33. The fourth-order valence-corrected chi connectivity index (χ4v) is 3.19. The number of amides is 1. The Balaban J connectivity index is 2.07. The first kappa shape index (κ1) is 14.8. The quantitative estimate of drug-likeness (QED) is 0.806. The van der Waals surface area contributed by atoms with Gasteiger partial charge in [-0.05, 0) is 31.0 Å². The van der Waals surface area contributed by atoms with Crippen LogP contribution in [0.3, 0.4) is 0 Å². The molecule has 2 atom stereocenters. The summed E-state index contributed by atoms with van der Waals surface area (Å²) in [5.74, 6) is -0.139. The Hall–Kier alpha value is -0.580. The number of benzene rings is 1. The van der Waals surface area contributed by atoms with Crippen LogP contribution in [0, 0.1) is 0 Å². The van der Waals surface area contributed by atoms with Gasteiger partial charge >= 0.3 is 0 Å². The number of nitrogens with one attached hydrogen (secondary N) is 1. The van der Waals surface area contributed by atoms with Gasteiger partial charge in [0.15, 0.2) is 0 Å².